The fourth-order valence-electron chi connectivity index (χ4n) is 3.83. The highest BCUT2D eigenvalue weighted by molar-refractivity contribution is 5.89. The summed E-state index contributed by atoms with van der Waals surface area (Å²) >= 11 is 0. The highest BCUT2D eigenvalue weighted by Crippen LogP contribution is 2.46. The number of nitrogens with zero attached hydrogens (tertiary/aromatic N) is 2. The summed E-state index contributed by atoms with van der Waals surface area (Å²) < 4.78 is 10.9. The minimum absolute atomic E-state index is 0.0855. The van der Waals surface area contributed by atoms with Gasteiger partial charge in [0, 0.05) is 32.6 Å². The molecule has 1 aliphatic carbocycles. The van der Waals surface area contributed by atoms with Crippen LogP contribution in [0.5, 0.6) is 0 Å². The summed E-state index contributed by atoms with van der Waals surface area (Å²) in [5.41, 5.74) is 2.56. The summed E-state index contributed by atoms with van der Waals surface area (Å²) in [5, 5.41) is 0. The van der Waals surface area contributed by atoms with Crippen molar-refractivity contribution in [2.24, 2.45) is 5.41 Å². The number of hydroxylamine groups is 1. The van der Waals surface area contributed by atoms with Gasteiger partial charge in [-0.1, -0.05) is 31.5 Å². The minimum Gasteiger partial charge on any atom is -0.465 e. The standard InChI is InChI=1S/C26H37N3O7/c1-3-4-16-34-23(31)18-28-14-15-29(17-21(28)19-35-25(33)26(2)11-12-26)22(30)10-13-27-36-24(32)20-8-6-5-7-9-20/h5-9,21,27H,3-4,10-19H2,1-2H3. The lowest BCUT2D eigenvalue weighted by Crippen LogP contribution is -2.58. The van der Waals surface area contributed by atoms with Crippen LogP contribution in [0.3, 0.4) is 0 Å². The number of ether oxygens (including phenoxy) is 2. The van der Waals surface area contributed by atoms with Crippen LogP contribution < -0.4 is 5.48 Å². The van der Waals surface area contributed by atoms with E-state index in [4.69, 9.17) is 14.3 Å². The molecule has 36 heavy (non-hydrogen) atoms. The number of benzene rings is 1. The zero-order valence-corrected chi connectivity index (χ0v) is 21.2. The van der Waals surface area contributed by atoms with Crippen molar-refractivity contribution in [1.82, 2.24) is 15.3 Å². The Kier molecular flexibility index (Phi) is 10.2. The van der Waals surface area contributed by atoms with Gasteiger partial charge in [-0.25, -0.2) is 4.79 Å². The van der Waals surface area contributed by atoms with Crippen LogP contribution in [-0.4, -0.2) is 85.6 Å². The molecule has 1 saturated heterocycles. The number of carbonyl (C=O) groups excluding carboxylic acids is 4. The van der Waals surface area contributed by atoms with E-state index in [1.165, 1.54) is 0 Å². The maximum absolute atomic E-state index is 12.8. The second-order valence-electron chi connectivity index (χ2n) is 9.60. The molecule has 0 bridgehead atoms. The predicted molar refractivity (Wildman–Crippen MR) is 131 cm³/mol. The Morgan fingerprint density at radius 1 is 1.08 bits per heavy atom. The molecule has 1 atom stereocenters. The van der Waals surface area contributed by atoms with Crippen molar-refractivity contribution in [3.8, 4) is 0 Å². The van der Waals surface area contributed by atoms with Gasteiger partial charge in [0.05, 0.1) is 30.2 Å². The second-order valence-corrected chi connectivity index (χ2v) is 9.60. The Hall–Kier alpha value is -2.98. The van der Waals surface area contributed by atoms with Crippen molar-refractivity contribution in [2.75, 3.05) is 45.9 Å². The molecule has 1 saturated carbocycles. The summed E-state index contributed by atoms with van der Waals surface area (Å²) in [6, 6.07) is 8.26. The van der Waals surface area contributed by atoms with E-state index >= 15 is 0 Å². The minimum atomic E-state index is -0.520. The molecule has 3 rings (SSSR count). The van der Waals surface area contributed by atoms with Gasteiger partial charge in [0.2, 0.25) is 5.91 Å². The van der Waals surface area contributed by atoms with Crippen LogP contribution >= 0.6 is 0 Å². The van der Waals surface area contributed by atoms with E-state index < -0.39 is 11.4 Å². The van der Waals surface area contributed by atoms with Crippen molar-refractivity contribution in [1.29, 1.82) is 0 Å². The normalized spacial score (nSPS) is 18.8. The molecular weight excluding hydrogens is 466 g/mol. The fourth-order valence-corrected chi connectivity index (χ4v) is 3.83. The van der Waals surface area contributed by atoms with Gasteiger partial charge in [-0.15, -0.1) is 0 Å². The first kappa shape index (κ1) is 27.6. The largest absolute Gasteiger partial charge is 0.465 e. The maximum Gasteiger partial charge on any atom is 0.356 e. The molecule has 1 amide bonds. The Morgan fingerprint density at radius 3 is 2.53 bits per heavy atom. The average molecular weight is 504 g/mol. The van der Waals surface area contributed by atoms with Crippen LogP contribution in [0, 0.1) is 5.41 Å². The van der Waals surface area contributed by atoms with Crippen molar-refractivity contribution >= 4 is 23.8 Å². The third-order valence-corrected chi connectivity index (χ3v) is 6.57. The number of rotatable bonds is 13. The molecule has 1 unspecified atom stereocenters. The summed E-state index contributed by atoms with van der Waals surface area (Å²) in [5.74, 6) is -1.19. The summed E-state index contributed by atoms with van der Waals surface area (Å²) in [6.07, 6.45) is 3.51. The van der Waals surface area contributed by atoms with Gasteiger partial charge in [-0.05, 0) is 38.3 Å². The summed E-state index contributed by atoms with van der Waals surface area (Å²) in [7, 11) is 0. The van der Waals surface area contributed by atoms with Crippen molar-refractivity contribution in [2.45, 2.75) is 52.0 Å². The lowest BCUT2D eigenvalue weighted by atomic mass is 10.1. The molecule has 0 radical (unpaired) electrons. The molecule has 10 heteroatoms. The van der Waals surface area contributed by atoms with E-state index in [9.17, 15) is 19.2 Å². The van der Waals surface area contributed by atoms with E-state index in [2.05, 4.69) is 5.48 Å². The number of amides is 1. The lowest BCUT2D eigenvalue weighted by molar-refractivity contribution is -0.154. The number of esters is 2. The predicted octanol–water partition coefficient (Wildman–Crippen LogP) is 1.94. The molecule has 1 aromatic rings. The van der Waals surface area contributed by atoms with Crippen molar-refractivity contribution in [3.05, 3.63) is 35.9 Å². The zero-order valence-electron chi connectivity index (χ0n) is 21.2. The lowest BCUT2D eigenvalue weighted by Gasteiger charge is -2.40. The molecular formula is C26H37N3O7. The highest BCUT2D eigenvalue weighted by atomic mass is 16.7. The SMILES string of the molecule is CCCCOC(=O)CN1CCN(C(=O)CCNOC(=O)c2ccccc2)CC1COC(=O)C1(C)CC1. The molecule has 198 valence electrons. The molecule has 2 fully saturated rings. The Balaban J connectivity index is 1.47. The summed E-state index contributed by atoms with van der Waals surface area (Å²) in [4.78, 5) is 58.0. The van der Waals surface area contributed by atoms with E-state index in [-0.39, 0.29) is 50.0 Å². The number of piperazine rings is 1. The first-order valence-electron chi connectivity index (χ1n) is 12.7. The molecule has 0 spiro atoms. The average Bonchev–Trinajstić information content (AvgIpc) is 3.64. The van der Waals surface area contributed by atoms with Crippen LogP contribution in [0.15, 0.2) is 30.3 Å². The number of carbonyl (C=O) groups is 4. The van der Waals surface area contributed by atoms with Gasteiger partial charge >= 0.3 is 17.9 Å². The smallest absolute Gasteiger partial charge is 0.356 e. The third-order valence-electron chi connectivity index (χ3n) is 6.57. The van der Waals surface area contributed by atoms with Crippen LogP contribution in [0.2, 0.25) is 0 Å². The third kappa shape index (κ3) is 8.30. The molecule has 1 heterocycles. The highest BCUT2D eigenvalue weighted by Gasteiger charge is 2.47. The van der Waals surface area contributed by atoms with Crippen LogP contribution in [-0.2, 0) is 28.7 Å². The number of unbranched alkanes of at least 4 members (excludes halogenated alkanes) is 1. The Morgan fingerprint density at radius 2 is 1.83 bits per heavy atom. The van der Waals surface area contributed by atoms with Crippen molar-refractivity contribution < 1.29 is 33.5 Å². The van der Waals surface area contributed by atoms with Gasteiger partial charge in [0.25, 0.3) is 0 Å². The number of nitrogens with one attached hydrogen (secondary N) is 1. The maximum atomic E-state index is 12.8. The monoisotopic (exact) mass is 503 g/mol. The van der Waals surface area contributed by atoms with E-state index in [0.29, 0.717) is 31.8 Å². The van der Waals surface area contributed by atoms with Crippen molar-refractivity contribution in [3.63, 3.8) is 0 Å². The van der Waals surface area contributed by atoms with Crippen LogP contribution in [0.4, 0.5) is 0 Å². The first-order valence-corrected chi connectivity index (χ1v) is 12.7. The van der Waals surface area contributed by atoms with E-state index in [0.717, 1.165) is 25.7 Å². The van der Waals surface area contributed by atoms with Gasteiger partial charge in [0.15, 0.2) is 0 Å². The van der Waals surface area contributed by atoms with Gasteiger partial charge in [-0.3, -0.25) is 19.3 Å². The van der Waals surface area contributed by atoms with E-state index in [1.54, 1.807) is 35.2 Å². The number of hydrogen-bond acceptors (Lipinski definition) is 9. The molecule has 2 aliphatic rings. The molecule has 0 aromatic heterocycles. The Bertz CT molecular complexity index is 904. The number of hydrogen-bond donors (Lipinski definition) is 1. The van der Waals surface area contributed by atoms with Gasteiger partial charge < -0.3 is 19.2 Å². The molecule has 1 N–H and O–H groups in total. The van der Waals surface area contributed by atoms with Gasteiger partial charge in [0.1, 0.15) is 6.61 Å². The van der Waals surface area contributed by atoms with E-state index in [1.807, 2.05) is 18.7 Å². The first-order chi connectivity index (χ1) is 17.3. The molecule has 1 aromatic carbocycles. The second kappa shape index (κ2) is 13.4. The Labute approximate surface area is 212 Å². The zero-order chi connectivity index (χ0) is 26.0. The molecule has 1 aliphatic heterocycles. The molecule has 10 nitrogen and oxygen atoms in total. The summed E-state index contributed by atoms with van der Waals surface area (Å²) in [6.45, 7) is 5.87. The van der Waals surface area contributed by atoms with Gasteiger partial charge in [-0.2, -0.15) is 5.48 Å². The van der Waals surface area contributed by atoms with Crippen LogP contribution in [0.1, 0.15) is 56.3 Å². The quantitative estimate of drug-likeness (QED) is 0.187. The fraction of sp³-hybridized carbons (Fsp3) is 0.615. The topological polar surface area (TPSA) is 114 Å². The van der Waals surface area contributed by atoms with Crippen LogP contribution in [0.25, 0.3) is 0 Å².